The fourth-order valence-corrected chi connectivity index (χ4v) is 4.07. The molecule has 13 heteroatoms. The molecule has 0 fully saturated rings. The highest BCUT2D eigenvalue weighted by atomic mass is 16.6. The molecule has 0 aromatic carbocycles. The third-order valence-corrected chi connectivity index (χ3v) is 6.40. The molecule has 0 radical (unpaired) electrons. The van der Waals surface area contributed by atoms with Crippen molar-refractivity contribution in [1.29, 1.82) is 0 Å². The average Bonchev–Trinajstić information content (AvgIpc) is 2.90. The summed E-state index contributed by atoms with van der Waals surface area (Å²) in [4.78, 5) is 1.51. The Labute approximate surface area is 239 Å². The summed E-state index contributed by atoms with van der Waals surface area (Å²) in [7, 11) is 0. The quantitative estimate of drug-likeness (QED) is 0.0473. The van der Waals surface area contributed by atoms with Gasteiger partial charge in [-0.3, -0.25) is 4.90 Å². The molecule has 13 nitrogen and oxygen atoms in total. The van der Waals surface area contributed by atoms with E-state index in [1.165, 1.54) is 4.90 Å². The minimum absolute atomic E-state index is 0.119. The van der Waals surface area contributed by atoms with E-state index < -0.39 is 36.6 Å². The van der Waals surface area contributed by atoms with Crippen LogP contribution in [0, 0.1) is 5.41 Å². The smallest absolute Gasteiger partial charge is 0.107 e. The van der Waals surface area contributed by atoms with Crippen molar-refractivity contribution in [1.82, 2.24) is 4.90 Å². The summed E-state index contributed by atoms with van der Waals surface area (Å²) in [5.74, 6) is 0. The number of nitrogens with zero attached hydrogens (tertiary/aromatic N) is 1. The molecule has 0 saturated carbocycles. The number of rotatable bonds is 28. The van der Waals surface area contributed by atoms with Crippen molar-refractivity contribution in [3.05, 3.63) is 0 Å². The normalized spacial score (nSPS) is 17.1. The van der Waals surface area contributed by atoms with Crippen LogP contribution in [0.4, 0.5) is 0 Å². The van der Waals surface area contributed by atoms with E-state index in [2.05, 4.69) is 20.8 Å². The van der Waals surface area contributed by atoms with Gasteiger partial charge in [0.1, 0.15) is 12.2 Å². The molecule has 0 aliphatic carbocycles. The Balaban J connectivity index is 4.32. The summed E-state index contributed by atoms with van der Waals surface area (Å²) in [6.45, 7) is 8.98. The van der Waals surface area contributed by atoms with E-state index in [0.717, 1.165) is 12.8 Å². The van der Waals surface area contributed by atoms with Gasteiger partial charge in [0.2, 0.25) is 0 Å². The Hall–Kier alpha value is -0.520. The van der Waals surface area contributed by atoms with Gasteiger partial charge in [-0.2, -0.15) is 0 Å². The Kier molecular flexibility index (Phi) is 23.7. The zero-order chi connectivity index (χ0) is 30.4. The molecule has 0 aliphatic rings. The van der Waals surface area contributed by atoms with E-state index in [0.29, 0.717) is 39.6 Å². The zero-order valence-electron chi connectivity index (χ0n) is 24.6. The second kappa shape index (κ2) is 24.0. The van der Waals surface area contributed by atoms with Crippen molar-refractivity contribution >= 4 is 0 Å². The largest absolute Gasteiger partial charge is 0.396 e. The monoisotopic (exact) mass is 587 g/mol. The maximum absolute atomic E-state index is 10.3. The summed E-state index contributed by atoms with van der Waals surface area (Å²) in [5, 5.41) is 78.5. The Morgan fingerprint density at radius 2 is 1.00 bits per heavy atom. The van der Waals surface area contributed by atoms with Gasteiger partial charge in [0.15, 0.2) is 0 Å². The summed E-state index contributed by atoms with van der Waals surface area (Å²) in [5.41, 5.74) is 0.169. The van der Waals surface area contributed by atoms with Crippen molar-refractivity contribution in [2.45, 2.75) is 83.1 Å². The van der Waals surface area contributed by atoms with Gasteiger partial charge in [-0.15, -0.1) is 0 Å². The van der Waals surface area contributed by atoms with Crippen molar-refractivity contribution in [3.63, 3.8) is 0 Å². The molecule has 0 amide bonds. The Morgan fingerprint density at radius 1 is 0.600 bits per heavy atom. The molecule has 242 valence electrons. The zero-order valence-corrected chi connectivity index (χ0v) is 24.6. The van der Waals surface area contributed by atoms with Gasteiger partial charge in [-0.05, 0) is 24.7 Å². The second-order valence-corrected chi connectivity index (χ2v) is 10.8. The lowest BCUT2D eigenvalue weighted by atomic mass is 9.89. The maximum atomic E-state index is 10.3. The van der Waals surface area contributed by atoms with Crippen LogP contribution in [0.15, 0.2) is 0 Å². The topological polar surface area (TPSA) is 202 Å². The number of hydrogen-bond donors (Lipinski definition) is 8. The fraction of sp³-hybridized carbons (Fsp3) is 1.00. The predicted octanol–water partition coefficient (Wildman–Crippen LogP) is -1.89. The standard InChI is InChI=1S/C27H57NO12/c1-4-7-27(2,3)20-40-17-16-39-15-14-38-13-12-37-11-8-28(18-23(33)25(35)21(31)5-9-29)19-24(34)26(36)22(32)6-10-30/h21-26,29-36H,4-20H2,1-3H3. The van der Waals surface area contributed by atoms with E-state index in [1.807, 2.05) is 0 Å². The lowest BCUT2D eigenvalue weighted by molar-refractivity contribution is -0.0945. The van der Waals surface area contributed by atoms with Crippen molar-refractivity contribution in [3.8, 4) is 0 Å². The van der Waals surface area contributed by atoms with Crippen LogP contribution >= 0.6 is 0 Å². The first-order chi connectivity index (χ1) is 19.0. The SMILES string of the molecule is CCCC(C)(C)COCCOCCOCCOCCN(CC(O)C(O)C(O)CCO)CC(O)C(O)C(O)CCO. The molecule has 6 unspecified atom stereocenters. The molecule has 0 spiro atoms. The van der Waals surface area contributed by atoms with E-state index >= 15 is 0 Å². The Morgan fingerprint density at radius 3 is 1.40 bits per heavy atom. The summed E-state index contributed by atoms with van der Waals surface area (Å²) >= 11 is 0. The molecule has 0 aromatic heterocycles. The number of aliphatic hydroxyl groups is 8. The molecule has 0 saturated heterocycles. The van der Waals surface area contributed by atoms with Crippen LogP contribution in [0.1, 0.15) is 46.5 Å². The van der Waals surface area contributed by atoms with Crippen LogP contribution in [-0.4, -0.2) is 168 Å². The highest BCUT2D eigenvalue weighted by Crippen LogP contribution is 2.22. The van der Waals surface area contributed by atoms with Gasteiger partial charge >= 0.3 is 0 Å². The maximum Gasteiger partial charge on any atom is 0.107 e. The lowest BCUT2D eigenvalue weighted by Crippen LogP contribution is -2.50. The van der Waals surface area contributed by atoms with Crippen LogP contribution in [-0.2, 0) is 18.9 Å². The van der Waals surface area contributed by atoms with Gasteiger partial charge < -0.3 is 59.8 Å². The van der Waals surface area contributed by atoms with E-state index in [9.17, 15) is 30.6 Å². The molecule has 6 atom stereocenters. The summed E-state index contributed by atoms with van der Waals surface area (Å²) in [6, 6.07) is 0. The van der Waals surface area contributed by atoms with Crippen LogP contribution < -0.4 is 0 Å². The first-order valence-corrected chi connectivity index (χ1v) is 14.3. The Bertz CT molecular complexity index is 548. The molecule has 40 heavy (non-hydrogen) atoms. The summed E-state index contributed by atoms with van der Waals surface area (Å²) < 4.78 is 22.2. The fourth-order valence-electron chi connectivity index (χ4n) is 4.07. The lowest BCUT2D eigenvalue weighted by Gasteiger charge is -2.32. The predicted molar refractivity (Wildman–Crippen MR) is 148 cm³/mol. The van der Waals surface area contributed by atoms with E-state index in [4.69, 9.17) is 29.2 Å². The summed E-state index contributed by atoms with van der Waals surface area (Å²) in [6.07, 6.45) is -6.57. The van der Waals surface area contributed by atoms with Gasteiger partial charge in [0.05, 0.1) is 77.3 Å². The van der Waals surface area contributed by atoms with Gasteiger partial charge in [0.25, 0.3) is 0 Å². The highest BCUT2D eigenvalue weighted by molar-refractivity contribution is 4.82. The molecule has 8 N–H and O–H groups in total. The molecule has 0 aliphatic heterocycles. The van der Waals surface area contributed by atoms with Crippen molar-refractivity contribution < 1.29 is 59.8 Å². The average molecular weight is 588 g/mol. The van der Waals surface area contributed by atoms with Crippen LogP contribution in [0.3, 0.4) is 0 Å². The molecule has 0 aromatic rings. The minimum atomic E-state index is -1.53. The van der Waals surface area contributed by atoms with E-state index in [1.54, 1.807) is 0 Å². The third kappa shape index (κ3) is 19.6. The van der Waals surface area contributed by atoms with Gasteiger partial charge in [-0.25, -0.2) is 0 Å². The van der Waals surface area contributed by atoms with Gasteiger partial charge in [-0.1, -0.05) is 27.2 Å². The van der Waals surface area contributed by atoms with E-state index in [-0.39, 0.29) is 64.3 Å². The molecular formula is C27H57NO12. The number of ether oxygens (including phenoxy) is 4. The second-order valence-electron chi connectivity index (χ2n) is 10.8. The van der Waals surface area contributed by atoms with Crippen molar-refractivity contribution in [2.24, 2.45) is 5.41 Å². The minimum Gasteiger partial charge on any atom is -0.396 e. The molecule has 0 heterocycles. The van der Waals surface area contributed by atoms with Crippen LogP contribution in [0.25, 0.3) is 0 Å². The molecule has 0 rings (SSSR count). The molecular weight excluding hydrogens is 530 g/mol. The number of hydrogen-bond acceptors (Lipinski definition) is 13. The van der Waals surface area contributed by atoms with Crippen molar-refractivity contribution in [2.75, 3.05) is 85.7 Å². The van der Waals surface area contributed by atoms with Crippen LogP contribution in [0.2, 0.25) is 0 Å². The first-order valence-electron chi connectivity index (χ1n) is 14.3. The highest BCUT2D eigenvalue weighted by Gasteiger charge is 2.30. The molecule has 0 bridgehead atoms. The first kappa shape index (κ1) is 39.5. The third-order valence-electron chi connectivity index (χ3n) is 6.40. The van der Waals surface area contributed by atoms with Crippen LogP contribution in [0.5, 0.6) is 0 Å². The number of aliphatic hydroxyl groups excluding tert-OH is 8. The van der Waals surface area contributed by atoms with Gasteiger partial charge in [0, 0.05) is 32.8 Å².